The zero-order valence-electron chi connectivity index (χ0n) is 9.40. The molecular formula is C11H15ClN2O2. The second-order valence-electron chi connectivity index (χ2n) is 4.52. The highest BCUT2D eigenvalue weighted by Crippen LogP contribution is 2.41. The Morgan fingerprint density at radius 2 is 2.19 bits per heavy atom. The van der Waals surface area contributed by atoms with Crippen LogP contribution in [0.1, 0.15) is 61.3 Å². The van der Waals surface area contributed by atoms with Gasteiger partial charge >= 0.3 is 5.97 Å². The molecule has 1 N–H and O–H groups in total. The first-order valence-corrected chi connectivity index (χ1v) is 5.91. The van der Waals surface area contributed by atoms with E-state index in [4.69, 9.17) is 16.7 Å². The number of carboxylic acid groups (broad SMARTS) is 1. The zero-order valence-corrected chi connectivity index (χ0v) is 10.2. The van der Waals surface area contributed by atoms with Crippen molar-refractivity contribution >= 4 is 17.6 Å². The van der Waals surface area contributed by atoms with Crippen LogP contribution in [0.3, 0.4) is 0 Å². The maximum Gasteiger partial charge on any atom is 0.357 e. The molecule has 0 radical (unpaired) electrons. The van der Waals surface area contributed by atoms with Gasteiger partial charge in [-0.05, 0) is 26.7 Å². The van der Waals surface area contributed by atoms with Crippen molar-refractivity contribution in [2.75, 3.05) is 0 Å². The van der Waals surface area contributed by atoms with E-state index >= 15 is 0 Å². The van der Waals surface area contributed by atoms with E-state index in [0.717, 1.165) is 18.5 Å². The lowest BCUT2D eigenvalue weighted by Gasteiger charge is -2.27. The van der Waals surface area contributed by atoms with Gasteiger partial charge in [0, 0.05) is 12.0 Å². The van der Waals surface area contributed by atoms with E-state index in [1.165, 1.54) is 6.42 Å². The van der Waals surface area contributed by atoms with Gasteiger partial charge in [0.25, 0.3) is 0 Å². The molecule has 0 amide bonds. The van der Waals surface area contributed by atoms with E-state index in [-0.39, 0.29) is 11.7 Å². The van der Waals surface area contributed by atoms with Crippen LogP contribution in [0.15, 0.2) is 0 Å². The predicted octanol–water partition coefficient (Wildman–Crippen LogP) is 3.08. The normalized spacial score (nSPS) is 16.5. The second kappa shape index (κ2) is 4.09. The highest BCUT2D eigenvalue weighted by atomic mass is 35.5. The van der Waals surface area contributed by atoms with E-state index in [1.807, 2.05) is 13.8 Å². The molecule has 1 heterocycles. The molecule has 0 saturated heterocycles. The van der Waals surface area contributed by atoms with E-state index < -0.39 is 5.97 Å². The highest BCUT2D eigenvalue weighted by molar-refractivity contribution is 6.34. The Morgan fingerprint density at radius 1 is 1.56 bits per heavy atom. The minimum Gasteiger partial charge on any atom is -0.476 e. The minimum atomic E-state index is -1.05. The van der Waals surface area contributed by atoms with E-state index in [1.54, 1.807) is 4.68 Å². The van der Waals surface area contributed by atoms with Crippen molar-refractivity contribution in [3.05, 3.63) is 16.4 Å². The van der Waals surface area contributed by atoms with Gasteiger partial charge in [-0.2, -0.15) is 5.10 Å². The highest BCUT2D eigenvalue weighted by Gasteiger charge is 2.31. The Kier molecular flexibility index (Phi) is 2.93. The average Bonchev–Trinajstić information content (AvgIpc) is 2.42. The van der Waals surface area contributed by atoms with Gasteiger partial charge in [0.1, 0.15) is 0 Å². The zero-order chi connectivity index (χ0) is 11.9. The summed E-state index contributed by atoms with van der Waals surface area (Å²) in [5.74, 6) is -0.666. The number of aromatic carboxylic acids is 1. The first kappa shape index (κ1) is 11.5. The van der Waals surface area contributed by atoms with Crippen LogP contribution in [-0.4, -0.2) is 20.9 Å². The molecule has 4 nitrogen and oxygen atoms in total. The number of hydrogen-bond donors (Lipinski definition) is 1. The van der Waals surface area contributed by atoms with Crippen molar-refractivity contribution in [2.45, 2.75) is 45.1 Å². The molecule has 0 atom stereocenters. The summed E-state index contributed by atoms with van der Waals surface area (Å²) in [6.07, 6.45) is 3.35. The summed E-state index contributed by atoms with van der Waals surface area (Å²) in [5.41, 5.74) is 0.887. The SMILES string of the molecule is CC(C)n1nc(C(=O)O)c(Cl)c1C1CCC1. The Balaban J connectivity index is 2.50. The van der Waals surface area contributed by atoms with Crippen molar-refractivity contribution in [1.82, 2.24) is 9.78 Å². The molecule has 5 heteroatoms. The summed E-state index contributed by atoms with van der Waals surface area (Å²) >= 11 is 6.11. The monoisotopic (exact) mass is 242 g/mol. The van der Waals surface area contributed by atoms with Crippen LogP contribution >= 0.6 is 11.6 Å². The van der Waals surface area contributed by atoms with Crippen LogP contribution < -0.4 is 0 Å². The van der Waals surface area contributed by atoms with Gasteiger partial charge in [-0.3, -0.25) is 4.68 Å². The Morgan fingerprint density at radius 3 is 2.56 bits per heavy atom. The molecule has 0 aromatic carbocycles. The third-order valence-corrected chi connectivity index (χ3v) is 3.44. The molecular weight excluding hydrogens is 228 g/mol. The summed E-state index contributed by atoms with van der Waals surface area (Å²) in [6.45, 7) is 3.97. The van der Waals surface area contributed by atoms with Gasteiger partial charge in [-0.15, -0.1) is 0 Å². The Bertz CT molecular complexity index is 422. The summed E-state index contributed by atoms with van der Waals surface area (Å²) in [6, 6.07) is 0.140. The molecule has 0 aliphatic heterocycles. The van der Waals surface area contributed by atoms with Gasteiger partial charge in [-0.25, -0.2) is 4.79 Å². The standard InChI is InChI=1S/C11H15ClN2O2/c1-6(2)14-10(7-4-3-5-7)8(12)9(13-14)11(15)16/h6-7H,3-5H2,1-2H3,(H,15,16). The van der Waals surface area contributed by atoms with Crippen molar-refractivity contribution in [3.63, 3.8) is 0 Å². The Labute approximate surface area is 99.2 Å². The number of nitrogens with zero attached hydrogens (tertiary/aromatic N) is 2. The van der Waals surface area contributed by atoms with Gasteiger partial charge in [0.2, 0.25) is 0 Å². The fraction of sp³-hybridized carbons (Fsp3) is 0.636. The maximum atomic E-state index is 11.0. The first-order valence-electron chi connectivity index (χ1n) is 5.53. The van der Waals surface area contributed by atoms with Gasteiger partial charge in [0.15, 0.2) is 5.69 Å². The number of aromatic nitrogens is 2. The lowest BCUT2D eigenvalue weighted by atomic mass is 9.82. The lowest BCUT2D eigenvalue weighted by molar-refractivity contribution is 0.0689. The fourth-order valence-corrected chi connectivity index (χ4v) is 2.37. The van der Waals surface area contributed by atoms with Crippen LogP contribution in [0.2, 0.25) is 5.02 Å². The summed E-state index contributed by atoms with van der Waals surface area (Å²) in [7, 11) is 0. The van der Waals surface area contributed by atoms with Crippen LogP contribution in [0.4, 0.5) is 0 Å². The molecule has 0 bridgehead atoms. The number of rotatable bonds is 3. The third kappa shape index (κ3) is 1.71. The largest absolute Gasteiger partial charge is 0.476 e. The topological polar surface area (TPSA) is 55.1 Å². The van der Waals surface area contributed by atoms with Crippen molar-refractivity contribution < 1.29 is 9.90 Å². The number of carbonyl (C=O) groups is 1. The number of hydrogen-bond acceptors (Lipinski definition) is 2. The number of halogens is 1. The maximum absolute atomic E-state index is 11.0. The molecule has 1 fully saturated rings. The quantitative estimate of drug-likeness (QED) is 0.886. The minimum absolute atomic E-state index is 0.0164. The van der Waals surface area contributed by atoms with Gasteiger partial charge in [-0.1, -0.05) is 18.0 Å². The average molecular weight is 243 g/mol. The van der Waals surface area contributed by atoms with Gasteiger partial charge in [0.05, 0.1) is 10.7 Å². The summed E-state index contributed by atoms with van der Waals surface area (Å²) < 4.78 is 1.76. The second-order valence-corrected chi connectivity index (χ2v) is 4.90. The molecule has 0 spiro atoms. The van der Waals surface area contributed by atoms with Crippen LogP contribution in [-0.2, 0) is 0 Å². The molecule has 16 heavy (non-hydrogen) atoms. The van der Waals surface area contributed by atoms with E-state index in [0.29, 0.717) is 10.9 Å². The molecule has 1 aromatic heterocycles. The van der Waals surface area contributed by atoms with Gasteiger partial charge < -0.3 is 5.11 Å². The molecule has 1 saturated carbocycles. The molecule has 88 valence electrons. The van der Waals surface area contributed by atoms with E-state index in [2.05, 4.69) is 5.10 Å². The molecule has 1 aromatic rings. The molecule has 1 aliphatic rings. The molecule has 1 aliphatic carbocycles. The van der Waals surface area contributed by atoms with Crippen LogP contribution in [0, 0.1) is 0 Å². The smallest absolute Gasteiger partial charge is 0.357 e. The van der Waals surface area contributed by atoms with Crippen LogP contribution in [0.5, 0.6) is 0 Å². The fourth-order valence-electron chi connectivity index (χ4n) is 2.01. The predicted molar refractivity (Wildman–Crippen MR) is 61.2 cm³/mol. The summed E-state index contributed by atoms with van der Waals surface area (Å²) in [5, 5.41) is 13.4. The van der Waals surface area contributed by atoms with Crippen molar-refractivity contribution in [1.29, 1.82) is 0 Å². The molecule has 2 rings (SSSR count). The molecule has 0 unspecified atom stereocenters. The van der Waals surface area contributed by atoms with Crippen molar-refractivity contribution in [2.24, 2.45) is 0 Å². The van der Waals surface area contributed by atoms with E-state index in [9.17, 15) is 4.79 Å². The Hall–Kier alpha value is -1.03. The summed E-state index contributed by atoms with van der Waals surface area (Å²) in [4.78, 5) is 11.0. The third-order valence-electron chi connectivity index (χ3n) is 3.07. The number of carboxylic acids is 1. The van der Waals surface area contributed by atoms with Crippen molar-refractivity contribution in [3.8, 4) is 0 Å². The lowest BCUT2D eigenvalue weighted by Crippen LogP contribution is -2.16. The first-order chi connectivity index (χ1) is 7.52. The van der Waals surface area contributed by atoms with Crippen LogP contribution in [0.25, 0.3) is 0 Å².